The van der Waals surface area contributed by atoms with Gasteiger partial charge in [0.2, 0.25) is 0 Å². The molecule has 21 heavy (non-hydrogen) atoms. The fourth-order valence-electron chi connectivity index (χ4n) is 2.36. The van der Waals surface area contributed by atoms with E-state index in [-0.39, 0.29) is 5.54 Å². The van der Waals surface area contributed by atoms with E-state index in [0.717, 1.165) is 0 Å². The zero-order chi connectivity index (χ0) is 15.9. The van der Waals surface area contributed by atoms with Crippen molar-refractivity contribution in [1.82, 2.24) is 0 Å². The van der Waals surface area contributed by atoms with Crippen molar-refractivity contribution in [3.8, 4) is 0 Å². The number of halogens is 1. The number of benzene rings is 1. The van der Waals surface area contributed by atoms with Gasteiger partial charge in [0.05, 0.1) is 5.54 Å². The summed E-state index contributed by atoms with van der Waals surface area (Å²) in [7, 11) is -2.69. The largest absolute Gasteiger partial charge is 0.508 e. The van der Waals surface area contributed by atoms with Crippen LogP contribution in [-0.4, -0.2) is 28.6 Å². The van der Waals surface area contributed by atoms with Crippen molar-refractivity contribution in [2.45, 2.75) is 44.1 Å². The number of rotatable bonds is 9. The molecular formula is C16H27IO3Si. The molecule has 1 rings (SSSR count). The highest BCUT2D eigenvalue weighted by atomic mass is 127. The number of hydrogen-bond donors (Lipinski definition) is 0. The maximum Gasteiger partial charge on any atom is 0.508 e. The molecule has 0 aliphatic heterocycles. The Morgan fingerprint density at radius 1 is 0.857 bits per heavy atom. The molecule has 1 aromatic carbocycles. The second kappa shape index (κ2) is 9.25. The summed E-state index contributed by atoms with van der Waals surface area (Å²) in [5.74, 6) is 0. The van der Waals surface area contributed by atoms with Gasteiger partial charge in [-0.2, -0.15) is 0 Å². The maximum absolute atomic E-state index is 6.00. The van der Waals surface area contributed by atoms with Crippen LogP contribution in [0, 0.1) is 0 Å². The first-order valence-corrected chi connectivity index (χ1v) is 10.7. The molecule has 0 fully saturated rings. The van der Waals surface area contributed by atoms with Crippen molar-refractivity contribution < 1.29 is 13.3 Å². The van der Waals surface area contributed by atoms with Gasteiger partial charge in [-0.15, -0.1) is 0 Å². The van der Waals surface area contributed by atoms with Crippen LogP contribution < -0.4 is 0 Å². The van der Waals surface area contributed by atoms with Crippen molar-refractivity contribution in [2.75, 3.05) is 19.8 Å². The third-order valence-corrected chi connectivity index (χ3v) is 7.65. The lowest BCUT2D eigenvalue weighted by molar-refractivity contribution is 0.0633. The van der Waals surface area contributed by atoms with Gasteiger partial charge in [0.1, 0.15) is 0 Å². The van der Waals surface area contributed by atoms with Crippen LogP contribution in [0.15, 0.2) is 24.3 Å². The van der Waals surface area contributed by atoms with Gasteiger partial charge in [0.25, 0.3) is 0 Å². The van der Waals surface area contributed by atoms with Crippen LogP contribution in [0.1, 0.15) is 55.2 Å². The van der Waals surface area contributed by atoms with E-state index in [1.807, 2.05) is 20.8 Å². The van der Waals surface area contributed by atoms with Crippen molar-refractivity contribution >= 4 is 31.4 Å². The Kier molecular flexibility index (Phi) is 8.41. The molecule has 0 saturated carbocycles. The van der Waals surface area contributed by atoms with Gasteiger partial charge in [0.15, 0.2) is 0 Å². The van der Waals surface area contributed by atoms with E-state index in [1.54, 1.807) is 0 Å². The number of alkyl halides is 1. The van der Waals surface area contributed by atoms with Crippen LogP contribution >= 0.6 is 22.6 Å². The zero-order valence-electron chi connectivity index (χ0n) is 13.7. The van der Waals surface area contributed by atoms with Gasteiger partial charge >= 0.3 is 8.80 Å². The van der Waals surface area contributed by atoms with E-state index in [0.29, 0.717) is 23.7 Å². The first kappa shape index (κ1) is 19.1. The van der Waals surface area contributed by atoms with Crippen molar-refractivity contribution in [2.24, 2.45) is 0 Å². The predicted octanol–water partition coefficient (Wildman–Crippen LogP) is 4.87. The molecule has 2 atom stereocenters. The Labute approximate surface area is 143 Å². The summed E-state index contributed by atoms with van der Waals surface area (Å²) in [6.45, 7) is 12.2. The highest BCUT2D eigenvalue weighted by molar-refractivity contribution is 14.1. The fraction of sp³-hybridized carbons (Fsp3) is 0.625. The van der Waals surface area contributed by atoms with Gasteiger partial charge in [-0.05, 0) is 38.8 Å². The molecule has 0 amide bonds. The molecule has 120 valence electrons. The van der Waals surface area contributed by atoms with E-state index in [2.05, 4.69) is 60.7 Å². The van der Waals surface area contributed by atoms with Crippen LogP contribution in [0.5, 0.6) is 0 Å². The summed E-state index contributed by atoms with van der Waals surface area (Å²) in [5.41, 5.74) is 2.69. The summed E-state index contributed by atoms with van der Waals surface area (Å²) >= 11 is 2.43. The zero-order valence-corrected chi connectivity index (χ0v) is 16.8. The Hall–Kier alpha value is 0.0469. The summed E-state index contributed by atoms with van der Waals surface area (Å²) in [4.78, 5) is 0. The monoisotopic (exact) mass is 422 g/mol. The predicted molar refractivity (Wildman–Crippen MR) is 97.9 cm³/mol. The molecule has 1 aromatic rings. The molecule has 0 bridgehead atoms. The van der Waals surface area contributed by atoms with Crippen LogP contribution in [0.4, 0.5) is 0 Å². The van der Waals surface area contributed by atoms with Gasteiger partial charge in [-0.3, -0.25) is 0 Å². The molecule has 0 heterocycles. The molecule has 5 heteroatoms. The molecule has 0 aliphatic rings. The Balaban J connectivity index is 3.04. The average molecular weight is 422 g/mol. The Morgan fingerprint density at radius 3 is 1.57 bits per heavy atom. The summed E-state index contributed by atoms with van der Waals surface area (Å²) in [6.07, 6.45) is 0. The summed E-state index contributed by atoms with van der Waals surface area (Å²) in [6, 6.07) is 8.72. The van der Waals surface area contributed by atoms with Crippen molar-refractivity contribution in [3.63, 3.8) is 0 Å². The van der Waals surface area contributed by atoms with Gasteiger partial charge < -0.3 is 13.3 Å². The second-order valence-electron chi connectivity index (χ2n) is 4.91. The van der Waals surface area contributed by atoms with E-state index in [9.17, 15) is 0 Å². The summed E-state index contributed by atoms with van der Waals surface area (Å²) < 4.78 is 18.5. The van der Waals surface area contributed by atoms with E-state index in [1.165, 1.54) is 11.1 Å². The molecule has 0 radical (unpaired) electrons. The number of hydrogen-bond acceptors (Lipinski definition) is 3. The Bertz CT molecular complexity index is 391. The van der Waals surface area contributed by atoms with Gasteiger partial charge in [-0.1, -0.05) is 53.8 Å². The van der Waals surface area contributed by atoms with E-state index in [4.69, 9.17) is 13.3 Å². The first-order chi connectivity index (χ1) is 10.0. The van der Waals surface area contributed by atoms with Crippen LogP contribution in [0.25, 0.3) is 0 Å². The molecular weight excluding hydrogens is 395 g/mol. The second-order valence-corrected chi connectivity index (χ2v) is 9.71. The fourth-order valence-corrected chi connectivity index (χ4v) is 5.58. The lowest BCUT2D eigenvalue weighted by Gasteiger charge is -2.33. The van der Waals surface area contributed by atoms with Crippen LogP contribution in [-0.2, 0) is 13.3 Å². The maximum atomic E-state index is 6.00. The SMILES string of the molecule is CCO[Si](OCC)(OCC)C(C)c1ccc(C(C)I)cc1. The van der Waals surface area contributed by atoms with E-state index >= 15 is 0 Å². The standard InChI is InChI=1S/C16H27IO3Si/c1-6-18-21(19-7-2,20-8-3)14(5)16-11-9-15(10-12-16)13(4)17/h9-14H,6-8H2,1-5H3. The minimum atomic E-state index is -2.69. The molecule has 0 spiro atoms. The van der Waals surface area contributed by atoms with Gasteiger partial charge in [0, 0.05) is 23.7 Å². The lowest BCUT2D eigenvalue weighted by atomic mass is 10.1. The molecule has 0 N–H and O–H groups in total. The molecule has 0 saturated heterocycles. The molecule has 2 unspecified atom stereocenters. The Morgan fingerprint density at radius 2 is 1.24 bits per heavy atom. The highest BCUT2D eigenvalue weighted by Crippen LogP contribution is 2.31. The third kappa shape index (κ3) is 5.02. The minimum Gasteiger partial charge on any atom is -0.373 e. The van der Waals surface area contributed by atoms with Crippen LogP contribution in [0.2, 0.25) is 0 Å². The lowest BCUT2D eigenvalue weighted by Crippen LogP contribution is -2.51. The van der Waals surface area contributed by atoms with Crippen molar-refractivity contribution in [1.29, 1.82) is 0 Å². The average Bonchev–Trinajstić information content (AvgIpc) is 2.47. The van der Waals surface area contributed by atoms with Crippen molar-refractivity contribution in [3.05, 3.63) is 35.4 Å². The third-order valence-electron chi connectivity index (χ3n) is 3.46. The minimum absolute atomic E-state index is 0.135. The quantitative estimate of drug-likeness (QED) is 0.323. The molecule has 3 nitrogen and oxygen atoms in total. The summed E-state index contributed by atoms with van der Waals surface area (Å²) in [5, 5.41) is 0. The van der Waals surface area contributed by atoms with E-state index < -0.39 is 8.80 Å². The van der Waals surface area contributed by atoms with Crippen LogP contribution in [0.3, 0.4) is 0 Å². The smallest absolute Gasteiger partial charge is 0.373 e. The van der Waals surface area contributed by atoms with Gasteiger partial charge in [-0.25, -0.2) is 0 Å². The topological polar surface area (TPSA) is 27.7 Å². The highest BCUT2D eigenvalue weighted by Gasteiger charge is 2.47. The molecule has 0 aromatic heterocycles. The normalized spacial score (nSPS) is 15.0. The first-order valence-electron chi connectivity index (χ1n) is 7.66. The molecule has 0 aliphatic carbocycles.